The van der Waals surface area contributed by atoms with Crippen LogP contribution in [-0.2, 0) is 0 Å². The molecule has 0 atom stereocenters. The van der Waals surface area contributed by atoms with Crippen molar-refractivity contribution in [2.75, 3.05) is 6.61 Å². The molecule has 2 aromatic rings. The number of carbonyl (C=O) groups excluding carboxylic acids is 1. The second-order valence-electron chi connectivity index (χ2n) is 4.48. The van der Waals surface area contributed by atoms with Gasteiger partial charge in [0, 0.05) is 18.2 Å². The van der Waals surface area contributed by atoms with Crippen molar-refractivity contribution >= 4 is 5.78 Å². The number of hydrogen-bond acceptors (Lipinski definition) is 3. The highest BCUT2D eigenvalue weighted by Gasteiger charge is 2.17. The fourth-order valence-corrected chi connectivity index (χ4v) is 2.17. The molecule has 0 saturated heterocycles. The van der Waals surface area contributed by atoms with Crippen LogP contribution in [-0.4, -0.2) is 17.4 Å². The Balaban J connectivity index is 2.06. The third-order valence-corrected chi connectivity index (χ3v) is 3.13. The van der Waals surface area contributed by atoms with Gasteiger partial charge < -0.3 is 4.74 Å². The molecule has 3 nitrogen and oxygen atoms in total. The highest BCUT2D eigenvalue weighted by atomic mass is 19.1. The summed E-state index contributed by atoms with van der Waals surface area (Å²) in [7, 11) is 0. The first-order valence-corrected chi connectivity index (χ1v) is 6.15. The lowest BCUT2D eigenvalue weighted by Gasteiger charge is -2.09. The van der Waals surface area contributed by atoms with Gasteiger partial charge in [0.05, 0.1) is 18.4 Å². The summed E-state index contributed by atoms with van der Waals surface area (Å²) < 4.78 is 18.7. The lowest BCUT2D eigenvalue weighted by molar-refractivity contribution is 0.0983. The number of carbonyl (C=O) groups is 1. The van der Waals surface area contributed by atoms with Crippen LogP contribution in [0.3, 0.4) is 0 Å². The van der Waals surface area contributed by atoms with E-state index in [0.29, 0.717) is 29.9 Å². The molecule has 4 heteroatoms. The van der Waals surface area contributed by atoms with Gasteiger partial charge in [-0.05, 0) is 30.2 Å². The third-order valence-electron chi connectivity index (χ3n) is 3.13. The Bertz CT molecular complexity index is 640. The molecule has 0 radical (unpaired) electrons. The highest BCUT2D eigenvalue weighted by Crippen LogP contribution is 2.30. The Morgan fingerprint density at radius 2 is 2.05 bits per heavy atom. The molecule has 3 rings (SSSR count). The molecule has 1 aliphatic rings. The van der Waals surface area contributed by atoms with E-state index < -0.39 is 0 Å². The number of ketones is 1. The molecule has 1 aromatic heterocycles. The first kappa shape index (κ1) is 11.8. The van der Waals surface area contributed by atoms with Crippen LogP contribution in [0.15, 0.2) is 36.7 Å². The summed E-state index contributed by atoms with van der Waals surface area (Å²) in [5.41, 5.74) is 2.06. The molecule has 0 N–H and O–H groups in total. The molecule has 0 bridgehead atoms. The number of aromatic nitrogens is 1. The number of nitrogens with zero attached hydrogens (tertiary/aromatic N) is 1. The van der Waals surface area contributed by atoms with Gasteiger partial charge >= 0.3 is 0 Å². The summed E-state index contributed by atoms with van der Waals surface area (Å²) in [6, 6.07) is 6.72. The van der Waals surface area contributed by atoms with E-state index in [9.17, 15) is 9.18 Å². The Hall–Kier alpha value is -2.23. The van der Waals surface area contributed by atoms with Crippen molar-refractivity contribution < 1.29 is 13.9 Å². The normalized spacial score (nSPS) is 14.5. The summed E-state index contributed by atoms with van der Waals surface area (Å²) in [6.45, 7) is 0.531. The number of ether oxygens (including phenoxy) is 1. The summed E-state index contributed by atoms with van der Waals surface area (Å²) >= 11 is 0. The maximum Gasteiger partial charge on any atom is 0.166 e. The first-order valence-electron chi connectivity index (χ1n) is 6.15. The fourth-order valence-electron chi connectivity index (χ4n) is 2.17. The van der Waals surface area contributed by atoms with E-state index >= 15 is 0 Å². The molecule has 2 heterocycles. The van der Waals surface area contributed by atoms with Crippen molar-refractivity contribution in [3.63, 3.8) is 0 Å². The molecule has 19 heavy (non-hydrogen) atoms. The van der Waals surface area contributed by atoms with Crippen LogP contribution in [0, 0.1) is 5.82 Å². The first-order chi connectivity index (χ1) is 9.24. The van der Waals surface area contributed by atoms with Crippen LogP contribution in [0.1, 0.15) is 23.2 Å². The van der Waals surface area contributed by atoms with Crippen molar-refractivity contribution in [2.45, 2.75) is 12.8 Å². The summed E-state index contributed by atoms with van der Waals surface area (Å²) in [5, 5.41) is 0. The average molecular weight is 257 g/mol. The van der Waals surface area contributed by atoms with Crippen LogP contribution in [0.4, 0.5) is 4.39 Å². The zero-order chi connectivity index (χ0) is 13.2. The minimum atomic E-state index is -0.385. The number of rotatable bonds is 1. The lowest BCUT2D eigenvalue weighted by atomic mass is 10.0. The number of pyridine rings is 1. The molecular formula is C15H12FNO2. The van der Waals surface area contributed by atoms with Crippen LogP contribution < -0.4 is 4.74 Å². The number of benzene rings is 1. The lowest BCUT2D eigenvalue weighted by Crippen LogP contribution is -1.97. The Labute approximate surface area is 110 Å². The number of halogens is 1. The number of hydrogen-bond donors (Lipinski definition) is 0. The third kappa shape index (κ3) is 2.34. The topological polar surface area (TPSA) is 39.2 Å². The second kappa shape index (κ2) is 4.80. The van der Waals surface area contributed by atoms with E-state index in [1.54, 1.807) is 24.4 Å². The quantitative estimate of drug-likeness (QED) is 0.787. The molecule has 0 amide bonds. The maximum absolute atomic E-state index is 13.2. The molecule has 0 unspecified atom stereocenters. The monoisotopic (exact) mass is 257 g/mol. The average Bonchev–Trinajstić information content (AvgIpc) is 2.60. The predicted octanol–water partition coefficient (Wildman–Crippen LogP) is 3.24. The van der Waals surface area contributed by atoms with Gasteiger partial charge in [-0.25, -0.2) is 4.39 Å². The molecule has 0 saturated carbocycles. The van der Waals surface area contributed by atoms with Crippen LogP contribution in [0.2, 0.25) is 0 Å². The Morgan fingerprint density at radius 1 is 1.16 bits per heavy atom. The van der Waals surface area contributed by atoms with Gasteiger partial charge in [0.1, 0.15) is 11.6 Å². The largest absolute Gasteiger partial charge is 0.493 e. The van der Waals surface area contributed by atoms with E-state index in [1.807, 2.05) is 0 Å². The maximum atomic E-state index is 13.2. The van der Waals surface area contributed by atoms with E-state index in [2.05, 4.69) is 4.98 Å². The second-order valence-corrected chi connectivity index (χ2v) is 4.48. The van der Waals surface area contributed by atoms with Crippen LogP contribution >= 0.6 is 0 Å². The van der Waals surface area contributed by atoms with Crippen molar-refractivity contribution in [1.29, 1.82) is 0 Å². The zero-order valence-corrected chi connectivity index (χ0v) is 10.2. The summed E-state index contributed by atoms with van der Waals surface area (Å²) in [4.78, 5) is 15.7. The van der Waals surface area contributed by atoms with Gasteiger partial charge in [-0.2, -0.15) is 0 Å². The minimum Gasteiger partial charge on any atom is -0.493 e. The van der Waals surface area contributed by atoms with Gasteiger partial charge in [0.25, 0.3) is 0 Å². The van der Waals surface area contributed by atoms with E-state index in [0.717, 1.165) is 18.2 Å². The summed E-state index contributed by atoms with van der Waals surface area (Å²) in [5.74, 6) is 0.283. The fraction of sp³-hybridized carbons (Fsp3) is 0.200. The number of fused-ring (bicyclic) bond motifs is 1. The van der Waals surface area contributed by atoms with Crippen molar-refractivity contribution in [2.24, 2.45) is 0 Å². The SMILES string of the molecule is O=C1CCCOc2cc(-c3cncc(F)c3)ccc21. The van der Waals surface area contributed by atoms with E-state index in [1.165, 1.54) is 6.07 Å². The van der Waals surface area contributed by atoms with Gasteiger partial charge in [0.15, 0.2) is 5.78 Å². The van der Waals surface area contributed by atoms with Crippen LogP contribution in [0.5, 0.6) is 5.75 Å². The van der Waals surface area contributed by atoms with Crippen LogP contribution in [0.25, 0.3) is 11.1 Å². The van der Waals surface area contributed by atoms with E-state index in [4.69, 9.17) is 4.74 Å². The molecule has 0 aliphatic carbocycles. The zero-order valence-electron chi connectivity index (χ0n) is 10.2. The van der Waals surface area contributed by atoms with E-state index in [-0.39, 0.29) is 11.6 Å². The molecule has 96 valence electrons. The summed E-state index contributed by atoms with van der Waals surface area (Å²) in [6.07, 6.45) is 3.98. The predicted molar refractivity (Wildman–Crippen MR) is 68.7 cm³/mol. The van der Waals surface area contributed by atoms with Gasteiger partial charge in [-0.3, -0.25) is 9.78 Å². The van der Waals surface area contributed by atoms with Crippen molar-refractivity contribution in [1.82, 2.24) is 4.98 Å². The van der Waals surface area contributed by atoms with Crippen molar-refractivity contribution in [3.05, 3.63) is 48.0 Å². The Kier molecular flexibility index (Phi) is 2.99. The standard InChI is InChI=1S/C15H12FNO2/c16-12-6-11(8-17-9-12)10-3-4-13-14(18)2-1-5-19-15(13)7-10/h3-4,6-9H,1-2,5H2. The highest BCUT2D eigenvalue weighted by molar-refractivity contribution is 5.99. The molecule has 0 fully saturated rings. The molecular weight excluding hydrogens is 245 g/mol. The number of Topliss-reactive ketones (excluding diaryl/α,β-unsaturated/α-hetero) is 1. The molecule has 1 aliphatic heterocycles. The smallest absolute Gasteiger partial charge is 0.166 e. The minimum absolute atomic E-state index is 0.0939. The molecule has 1 aromatic carbocycles. The van der Waals surface area contributed by atoms with Gasteiger partial charge in [0.2, 0.25) is 0 Å². The molecule has 0 spiro atoms. The van der Waals surface area contributed by atoms with Gasteiger partial charge in [-0.1, -0.05) is 6.07 Å². The van der Waals surface area contributed by atoms with Gasteiger partial charge in [-0.15, -0.1) is 0 Å². The van der Waals surface area contributed by atoms with Crippen molar-refractivity contribution in [3.8, 4) is 16.9 Å². The Morgan fingerprint density at radius 3 is 2.89 bits per heavy atom.